The number of fused-ring (bicyclic) bond motifs is 1. The minimum Gasteiger partial charge on any atom is -0.361 e. The number of nitrogens with zero attached hydrogens (tertiary/aromatic N) is 3. The number of likely N-dealkylation sites (tertiary alicyclic amines) is 1. The summed E-state index contributed by atoms with van der Waals surface area (Å²) in [6.45, 7) is 1.67. The largest absolute Gasteiger partial charge is 0.361 e. The Morgan fingerprint density at radius 3 is 3.12 bits per heavy atom. The first-order valence-corrected chi connectivity index (χ1v) is 8.61. The molecule has 1 aliphatic rings. The van der Waals surface area contributed by atoms with Gasteiger partial charge in [0.1, 0.15) is 0 Å². The summed E-state index contributed by atoms with van der Waals surface area (Å²) in [5.74, 6) is 0.255. The molecule has 0 spiro atoms. The minimum atomic E-state index is 0.255. The topological polar surface area (TPSA) is 53.9 Å². The lowest BCUT2D eigenvalue weighted by Gasteiger charge is -2.33. The van der Waals surface area contributed by atoms with E-state index in [0.29, 0.717) is 12.5 Å². The van der Waals surface area contributed by atoms with E-state index < -0.39 is 0 Å². The molecular weight excluding hydrogens is 300 g/mol. The van der Waals surface area contributed by atoms with Crippen LogP contribution in [0.3, 0.4) is 0 Å². The highest BCUT2D eigenvalue weighted by Gasteiger charge is 2.24. The second-order valence-corrected chi connectivity index (χ2v) is 6.51. The summed E-state index contributed by atoms with van der Waals surface area (Å²) in [5, 5.41) is 1.22. The van der Waals surface area contributed by atoms with Gasteiger partial charge in [0.15, 0.2) is 0 Å². The summed E-state index contributed by atoms with van der Waals surface area (Å²) in [7, 11) is 0. The van der Waals surface area contributed by atoms with Crippen LogP contribution in [-0.2, 0) is 11.2 Å². The van der Waals surface area contributed by atoms with E-state index in [1.807, 2.05) is 35.8 Å². The number of carbonyl (C=O) groups excluding carboxylic acids is 1. The molecule has 1 fully saturated rings. The van der Waals surface area contributed by atoms with Gasteiger partial charge in [0.2, 0.25) is 5.91 Å². The fourth-order valence-corrected chi connectivity index (χ4v) is 3.65. The third kappa shape index (κ3) is 2.94. The van der Waals surface area contributed by atoms with Gasteiger partial charge in [0, 0.05) is 49.0 Å². The van der Waals surface area contributed by atoms with Crippen molar-refractivity contribution >= 4 is 16.8 Å². The Bertz CT molecular complexity index is 821. The van der Waals surface area contributed by atoms with Crippen molar-refractivity contribution in [2.24, 2.45) is 0 Å². The molecule has 0 bridgehead atoms. The summed E-state index contributed by atoms with van der Waals surface area (Å²) in [6.07, 6.45) is 11.2. The first-order chi connectivity index (χ1) is 11.8. The molecule has 3 heterocycles. The maximum atomic E-state index is 12.6. The monoisotopic (exact) mass is 322 g/mol. The predicted octanol–water partition coefficient (Wildman–Crippen LogP) is 3.16. The van der Waals surface area contributed by atoms with Crippen molar-refractivity contribution in [3.05, 3.63) is 54.7 Å². The summed E-state index contributed by atoms with van der Waals surface area (Å²) >= 11 is 0. The van der Waals surface area contributed by atoms with Crippen LogP contribution in [0.15, 0.2) is 49.2 Å². The number of carbonyl (C=O) groups is 1. The zero-order valence-corrected chi connectivity index (χ0v) is 13.7. The number of aromatic amines is 1. The normalized spacial score (nSPS) is 18.2. The Morgan fingerprint density at radius 1 is 1.33 bits per heavy atom. The number of aromatic nitrogens is 3. The number of benzene rings is 1. The van der Waals surface area contributed by atoms with Crippen LogP contribution in [0.1, 0.15) is 30.9 Å². The van der Waals surface area contributed by atoms with E-state index in [2.05, 4.69) is 26.7 Å². The van der Waals surface area contributed by atoms with Crippen LogP contribution in [0.5, 0.6) is 0 Å². The van der Waals surface area contributed by atoms with Gasteiger partial charge in [0.05, 0.1) is 12.4 Å². The number of para-hydroxylation sites is 1. The second-order valence-electron chi connectivity index (χ2n) is 6.51. The zero-order chi connectivity index (χ0) is 16.4. The Labute approximate surface area is 141 Å². The number of piperidine rings is 1. The van der Waals surface area contributed by atoms with Gasteiger partial charge in [-0.25, -0.2) is 4.98 Å². The van der Waals surface area contributed by atoms with Crippen LogP contribution in [0.25, 0.3) is 10.9 Å². The van der Waals surface area contributed by atoms with E-state index in [-0.39, 0.29) is 5.91 Å². The van der Waals surface area contributed by atoms with Gasteiger partial charge in [0.25, 0.3) is 0 Å². The molecule has 1 N–H and O–H groups in total. The van der Waals surface area contributed by atoms with Gasteiger partial charge in [-0.15, -0.1) is 0 Å². The molecule has 0 saturated carbocycles. The van der Waals surface area contributed by atoms with Crippen LogP contribution in [-0.4, -0.2) is 38.4 Å². The fraction of sp³-hybridized carbons (Fsp3) is 0.368. The lowest BCUT2D eigenvalue weighted by Crippen LogP contribution is -2.40. The van der Waals surface area contributed by atoms with Crippen molar-refractivity contribution in [3.63, 3.8) is 0 Å². The Hall–Kier alpha value is -2.56. The van der Waals surface area contributed by atoms with Crippen LogP contribution < -0.4 is 0 Å². The number of hydrogen-bond acceptors (Lipinski definition) is 2. The second kappa shape index (κ2) is 6.51. The molecule has 1 atom stereocenters. The number of hydrogen-bond donors (Lipinski definition) is 1. The lowest BCUT2D eigenvalue weighted by molar-refractivity contribution is -0.132. The van der Waals surface area contributed by atoms with Gasteiger partial charge in [-0.2, -0.15) is 0 Å². The highest BCUT2D eigenvalue weighted by atomic mass is 16.2. The maximum absolute atomic E-state index is 12.6. The zero-order valence-electron chi connectivity index (χ0n) is 13.7. The van der Waals surface area contributed by atoms with Crippen molar-refractivity contribution in [3.8, 4) is 0 Å². The molecular formula is C19H22N4O. The van der Waals surface area contributed by atoms with E-state index in [1.165, 1.54) is 10.9 Å². The van der Waals surface area contributed by atoms with E-state index in [9.17, 15) is 4.79 Å². The third-order valence-electron chi connectivity index (χ3n) is 4.98. The van der Waals surface area contributed by atoms with E-state index >= 15 is 0 Å². The van der Waals surface area contributed by atoms with Gasteiger partial charge in [-0.05, 0) is 30.9 Å². The molecule has 24 heavy (non-hydrogen) atoms. The molecule has 1 amide bonds. The van der Waals surface area contributed by atoms with Crippen molar-refractivity contribution < 1.29 is 4.79 Å². The number of imidazole rings is 1. The molecule has 124 valence electrons. The number of amides is 1. The molecule has 1 saturated heterocycles. The number of aryl methyl sites for hydroxylation is 1. The van der Waals surface area contributed by atoms with Crippen molar-refractivity contribution in [2.45, 2.75) is 31.7 Å². The SMILES string of the molecule is O=C(CCc1c[nH]c2ccccc12)N1CCC[C@@H](n2ccnc2)C1. The summed E-state index contributed by atoms with van der Waals surface area (Å²) in [5.41, 5.74) is 2.36. The molecule has 1 aromatic carbocycles. The van der Waals surface area contributed by atoms with Gasteiger partial charge < -0.3 is 14.5 Å². The van der Waals surface area contributed by atoms with Crippen LogP contribution >= 0.6 is 0 Å². The van der Waals surface area contributed by atoms with Gasteiger partial charge >= 0.3 is 0 Å². The average molecular weight is 322 g/mol. The average Bonchev–Trinajstić information content (AvgIpc) is 3.30. The molecule has 0 unspecified atom stereocenters. The quantitative estimate of drug-likeness (QED) is 0.802. The third-order valence-corrected chi connectivity index (χ3v) is 4.98. The van der Waals surface area contributed by atoms with Crippen molar-refractivity contribution in [2.75, 3.05) is 13.1 Å². The Balaban J connectivity index is 1.39. The summed E-state index contributed by atoms with van der Waals surface area (Å²) < 4.78 is 2.12. The van der Waals surface area contributed by atoms with Crippen LogP contribution in [0.2, 0.25) is 0 Å². The van der Waals surface area contributed by atoms with Crippen molar-refractivity contribution in [1.82, 2.24) is 19.4 Å². The number of rotatable bonds is 4. The molecule has 3 aromatic rings. The smallest absolute Gasteiger partial charge is 0.222 e. The number of nitrogens with one attached hydrogen (secondary N) is 1. The minimum absolute atomic E-state index is 0.255. The van der Waals surface area contributed by atoms with E-state index in [4.69, 9.17) is 0 Å². The van der Waals surface area contributed by atoms with E-state index in [1.54, 1.807) is 6.20 Å². The van der Waals surface area contributed by atoms with Crippen LogP contribution in [0.4, 0.5) is 0 Å². The summed E-state index contributed by atoms with van der Waals surface area (Å²) in [6, 6.07) is 8.61. The summed E-state index contributed by atoms with van der Waals surface area (Å²) in [4.78, 5) is 22.1. The molecule has 0 aliphatic carbocycles. The molecule has 5 heteroatoms. The molecule has 2 aromatic heterocycles. The first kappa shape index (κ1) is 15.0. The first-order valence-electron chi connectivity index (χ1n) is 8.61. The lowest BCUT2D eigenvalue weighted by atomic mass is 10.0. The van der Waals surface area contributed by atoms with Gasteiger partial charge in [-0.3, -0.25) is 4.79 Å². The number of H-pyrrole nitrogens is 1. The Kier molecular flexibility index (Phi) is 4.07. The fourth-order valence-electron chi connectivity index (χ4n) is 3.65. The highest BCUT2D eigenvalue weighted by molar-refractivity contribution is 5.84. The Morgan fingerprint density at radius 2 is 2.25 bits per heavy atom. The highest BCUT2D eigenvalue weighted by Crippen LogP contribution is 2.23. The van der Waals surface area contributed by atoms with Gasteiger partial charge in [-0.1, -0.05) is 18.2 Å². The van der Waals surface area contributed by atoms with Crippen molar-refractivity contribution in [1.29, 1.82) is 0 Å². The van der Waals surface area contributed by atoms with E-state index in [0.717, 1.165) is 37.9 Å². The molecule has 5 nitrogen and oxygen atoms in total. The molecule has 0 radical (unpaired) electrons. The standard InChI is InChI=1S/C19H22N4O/c24-19(8-7-15-12-21-18-6-2-1-5-17(15)18)22-10-3-4-16(13-22)23-11-9-20-14-23/h1-2,5-6,9,11-12,14,16,21H,3-4,7-8,10,13H2/t16-/m1/s1. The molecule has 1 aliphatic heterocycles. The maximum Gasteiger partial charge on any atom is 0.222 e. The predicted molar refractivity (Wildman–Crippen MR) is 93.7 cm³/mol. The van der Waals surface area contributed by atoms with Crippen LogP contribution in [0, 0.1) is 0 Å². The molecule has 4 rings (SSSR count).